The van der Waals surface area contributed by atoms with Crippen molar-refractivity contribution in [2.75, 3.05) is 6.54 Å². The van der Waals surface area contributed by atoms with Crippen molar-refractivity contribution in [2.45, 2.75) is 11.4 Å². The molecule has 0 saturated carbocycles. The van der Waals surface area contributed by atoms with E-state index in [1.54, 1.807) is 35.0 Å². The fourth-order valence-corrected chi connectivity index (χ4v) is 3.27. The van der Waals surface area contributed by atoms with Crippen LogP contribution in [-0.2, 0) is 16.6 Å². The van der Waals surface area contributed by atoms with E-state index < -0.39 is 10.0 Å². The molecule has 6 heteroatoms. The zero-order valence-electron chi connectivity index (χ0n) is 12.5. The maximum Gasteiger partial charge on any atom is 0.240 e. The Kier molecular flexibility index (Phi) is 4.55. The van der Waals surface area contributed by atoms with Crippen molar-refractivity contribution in [3.8, 4) is 11.3 Å². The van der Waals surface area contributed by atoms with Gasteiger partial charge >= 0.3 is 0 Å². The largest absolute Gasteiger partial charge is 0.271 e. The van der Waals surface area contributed by atoms with Gasteiger partial charge < -0.3 is 0 Å². The van der Waals surface area contributed by atoms with Crippen molar-refractivity contribution in [3.05, 3.63) is 72.9 Å². The third-order valence-electron chi connectivity index (χ3n) is 3.40. The van der Waals surface area contributed by atoms with E-state index in [1.165, 1.54) is 0 Å². The molecule has 0 aliphatic heterocycles. The van der Waals surface area contributed by atoms with Crippen molar-refractivity contribution in [2.24, 2.45) is 0 Å². The van der Waals surface area contributed by atoms with Gasteiger partial charge in [-0.1, -0.05) is 48.5 Å². The molecule has 0 fully saturated rings. The van der Waals surface area contributed by atoms with E-state index in [2.05, 4.69) is 9.82 Å². The van der Waals surface area contributed by atoms with Crippen LogP contribution in [0.3, 0.4) is 0 Å². The first-order chi connectivity index (χ1) is 11.1. The van der Waals surface area contributed by atoms with Gasteiger partial charge in [0.15, 0.2) is 0 Å². The van der Waals surface area contributed by atoms with Crippen LogP contribution in [0.2, 0.25) is 0 Å². The number of hydrogen-bond acceptors (Lipinski definition) is 3. The maximum absolute atomic E-state index is 12.1. The number of nitrogens with one attached hydrogen (secondary N) is 1. The Morgan fingerprint density at radius 3 is 2.26 bits per heavy atom. The molecule has 0 saturated heterocycles. The molecule has 0 amide bonds. The molecule has 2 aromatic carbocycles. The van der Waals surface area contributed by atoms with Gasteiger partial charge in [0, 0.05) is 18.3 Å². The lowest BCUT2D eigenvalue weighted by Crippen LogP contribution is -2.27. The SMILES string of the molecule is O=S(=O)(NCCn1ccc(-c2ccccc2)n1)c1ccccc1. The highest BCUT2D eigenvalue weighted by Crippen LogP contribution is 2.15. The Balaban J connectivity index is 1.61. The first kappa shape index (κ1) is 15.5. The molecule has 3 aromatic rings. The van der Waals surface area contributed by atoms with E-state index in [1.807, 2.05) is 42.6 Å². The molecule has 0 spiro atoms. The zero-order chi connectivity index (χ0) is 16.1. The Hall–Kier alpha value is -2.44. The number of rotatable bonds is 6. The number of sulfonamides is 1. The predicted octanol–water partition coefficient (Wildman–Crippen LogP) is 2.53. The monoisotopic (exact) mass is 327 g/mol. The van der Waals surface area contributed by atoms with Crippen molar-refractivity contribution >= 4 is 10.0 Å². The first-order valence-electron chi connectivity index (χ1n) is 7.29. The second kappa shape index (κ2) is 6.76. The average molecular weight is 327 g/mol. The van der Waals surface area contributed by atoms with Crippen molar-refractivity contribution in [1.82, 2.24) is 14.5 Å². The van der Waals surface area contributed by atoms with Gasteiger partial charge in [0.2, 0.25) is 10.0 Å². The smallest absolute Gasteiger partial charge is 0.240 e. The van der Waals surface area contributed by atoms with E-state index in [0.717, 1.165) is 11.3 Å². The van der Waals surface area contributed by atoms with Gasteiger partial charge in [-0.3, -0.25) is 4.68 Å². The van der Waals surface area contributed by atoms with Gasteiger partial charge in [-0.25, -0.2) is 13.1 Å². The molecule has 0 unspecified atom stereocenters. The van der Waals surface area contributed by atoms with Gasteiger partial charge in [-0.15, -0.1) is 0 Å². The molecule has 0 aliphatic rings. The minimum absolute atomic E-state index is 0.269. The molecule has 0 aliphatic carbocycles. The van der Waals surface area contributed by atoms with Crippen LogP contribution in [0.4, 0.5) is 0 Å². The molecule has 5 nitrogen and oxygen atoms in total. The van der Waals surface area contributed by atoms with Gasteiger partial charge in [0.1, 0.15) is 0 Å². The van der Waals surface area contributed by atoms with Crippen LogP contribution >= 0.6 is 0 Å². The number of benzene rings is 2. The number of hydrogen-bond donors (Lipinski definition) is 1. The molecule has 1 N–H and O–H groups in total. The second-order valence-corrected chi connectivity index (χ2v) is 6.81. The quantitative estimate of drug-likeness (QED) is 0.757. The average Bonchev–Trinajstić information content (AvgIpc) is 3.05. The fraction of sp³-hybridized carbons (Fsp3) is 0.118. The molecule has 1 heterocycles. The molecule has 3 rings (SSSR count). The van der Waals surface area contributed by atoms with Crippen LogP contribution in [0.25, 0.3) is 11.3 Å². The summed E-state index contributed by atoms with van der Waals surface area (Å²) in [6.07, 6.45) is 1.85. The van der Waals surface area contributed by atoms with Crippen LogP contribution in [0.15, 0.2) is 77.8 Å². The minimum Gasteiger partial charge on any atom is -0.271 e. The summed E-state index contributed by atoms with van der Waals surface area (Å²) in [5.74, 6) is 0. The highest BCUT2D eigenvalue weighted by atomic mass is 32.2. The minimum atomic E-state index is -3.47. The van der Waals surface area contributed by atoms with E-state index >= 15 is 0 Å². The van der Waals surface area contributed by atoms with Gasteiger partial charge in [-0.05, 0) is 18.2 Å². The van der Waals surface area contributed by atoms with Crippen molar-refractivity contribution in [1.29, 1.82) is 0 Å². The molecular weight excluding hydrogens is 310 g/mol. The zero-order valence-corrected chi connectivity index (χ0v) is 13.3. The van der Waals surface area contributed by atoms with Crippen LogP contribution in [0.5, 0.6) is 0 Å². The van der Waals surface area contributed by atoms with Crippen molar-refractivity contribution in [3.63, 3.8) is 0 Å². The lowest BCUT2D eigenvalue weighted by atomic mass is 10.2. The lowest BCUT2D eigenvalue weighted by molar-refractivity contribution is 0.561. The summed E-state index contributed by atoms with van der Waals surface area (Å²) >= 11 is 0. The first-order valence-corrected chi connectivity index (χ1v) is 8.77. The fourth-order valence-electron chi connectivity index (χ4n) is 2.23. The summed E-state index contributed by atoms with van der Waals surface area (Å²) in [5, 5.41) is 4.45. The van der Waals surface area contributed by atoms with Crippen LogP contribution in [0, 0.1) is 0 Å². The van der Waals surface area contributed by atoms with Gasteiger partial charge in [0.05, 0.1) is 17.1 Å². The standard InChI is InChI=1S/C17H17N3O2S/c21-23(22,16-9-5-2-6-10-16)18-12-14-20-13-11-17(19-20)15-7-3-1-4-8-15/h1-11,13,18H,12,14H2. The van der Waals surface area contributed by atoms with E-state index in [9.17, 15) is 8.42 Å². The molecule has 0 atom stereocenters. The van der Waals surface area contributed by atoms with Gasteiger partial charge in [-0.2, -0.15) is 5.10 Å². The summed E-state index contributed by atoms with van der Waals surface area (Å²) in [6.45, 7) is 0.756. The summed E-state index contributed by atoms with van der Waals surface area (Å²) in [7, 11) is -3.47. The summed E-state index contributed by atoms with van der Waals surface area (Å²) in [5.41, 5.74) is 1.91. The van der Waals surface area contributed by atoms with Crippen molar-refractivity contribution < 1.29 is 8.42 Å². The third-order valence-corrected chi connectivity index (χ3v) is 4.87. The number of nitrogens with zero attached hydrogens (tertiary/aromatic N) is 2. The molecule has 118 valence electrons. The highest BCUT2D eigenvalue weighted by Gasteiger charge is 2.12. The summed E-state index contributed by atoms with van der Waals surface area (Å²) < 4.78 is 28.5. The third kappa shape index (κ3) is 3.85. The van der Waals surface area contributed by atoms with E-state index in [-0.39, 0.29) is 11.4 Å². The molecule has 1 aromatic heterocycles. The predicted molar refractivity (Wildman–Crippen MR) is 89.3 cm³/mol. The van der Waals surface area contributed by atoms with Crippen LogP contribution in [0.1, 0.15) is 0 Å². The van der Waals surface area contributed by atoms with Gasteiger partial charge in [0.25, 0.3) is 0 Å². The Morgan fingerprint density at radius 1 is 0.913 bits per heavy atom. The maximum atomic E-state index is 12.1. The van der Waals surface area contributed by atoms with E-state index in [0.29, 0.717) is 6.54 Å². The lowest BCUT2D eigenvalue weighted by Gasteiger charge is -2.06. The highest BCUT2D eigenvalue weighted by molar-refractivity contribution is 7.89. The second-order valence-electron chi connectivity index (χ2n) is 5.04. The molecular formula is C17H17N3O2S. The van der Waals surface area contributed by atoms with E-state index in [4.69, 9.17) is 0 Å². The normalized spacial score (nSPS) is 11.5. The Labute approximate surface area is 135 Å². The molecule has 23 heavy (non-hydrogen) atoms. The molecule has 0 radical (unpaired) electrons. The number of aromatic nitrogens is 2. The molecule has 0 bridgehead atoms. The topological polar surface area (TPSA) is 64.0 Å². The van der Waals surface area contributed by atoms with Crippen LogP contribution in [-0.4, -0.2) is 24.7 Å². The summed E-state index contributed by atoms with van der Waals surface area (Å²) in [4.78, 5) is 0.269. The summed E-state index contributed by atoms with van der Waals surface area (Å²) in [6, 6.07) is 20.1. The Bertz CT molecular complexity index is 859. The van der Waals surface area contributed by atoms with Crippen LogP contribution < -0.4 is 4.72 Å². The Morgan fingerprint density at radius 2 is 1.57 bits per heavy atom.